The maximum Gasteiger partial charge on any atom is 0.320 e. The van der Waals surface area contributed by atoms with Crippen LogP contribution in [0.5, 0.6) is 0 Å². The second-order valence-electron chi connectivity index (χ2n) is 2.73. The number of amides is 2. The number of urea groups is 1. The van der Waals surface area contributed by atoms with E-state index < -0.39 is 0 Å². The van der Waals surface area contributed by atoms with E-state index in [2.05, 4.69) is 6.58 Å². The van der Waals surface area contributed by atoms with Crippen LogP contribution in [-0.2, 0) is 0 Å². The quantitative estimate of drug-likeness (QED) is 0.599. The third kappa shape index (κ3) is 1.76. The standard InChI is InChI=1S/C8H14N2O2/c1-2-3-9-4-5-10(6-7-11)8(9)12/h2,11H,1,3-7H2. The SMILES string of the molecule is C=CCN1CCN(CCO)C1=O. The molecule has 4 heteroatoms. The van der Waals surface area contributed by atoms with Crippen molar-refractivity contribution < 1.29 is 9.90 Å². The highest BCUT2D eigenvalue weighted by atomic mass is 16.3. The summed E-state index contributed by atoms with van der Waals surface area (Å²) in [5.74, 6) is 0. The molecule has 0 atom stereocenters. The van der Waals surface area contributed by atoms with Gasteiger partial charge in [-0.2, -0.15) is 0 Å². The average molecular weight is 170 g/mol. The monoisotopic (exact) mass is 170 g/mol. The lowest BCUT2D eigenvalue weighted by Crippen LogP contribution is -2.33. The summed E-state index contributed by atoms with van der Waals surface area (Å²) in [5.41, 5.74) is 0. The van der Waals surface area contributed by atoms with Gasteiger partial charge in [0.05, 0.1) is 6.61 Å². The first kappa shape index (κ1) is 9.06. The lowest BCUT2D eigenvalue weighted by Gasteiger charge is -2.15. The Bertz CT molecular complexity index is 182. The molecule has 1 aliphatic heterocycles. The summed E-state index contributed by atoms with van der Waals surface area (Å²) < 4.78 is 0. The van der Waals surface area contributed by atoms with E-state index in [4.69, 9.17) is 5.11 Å². The molecule has 0 spiro atoms. The fourth-order valence-corrected chi connectivity index (χ4v) is 1.29. The van der Waals surface area contributed by atoms with Gasteiger partial charge in [0.15, 0.2) is 0 Å². The van der Waals surface area contributed by atoms with E-state index in [1.54, 1.807) is 15.9 Å². The summed E-state index contributed by atoms with van der Waals surface area (Å²) in [7, 11) is 0. The van der Waals surface area contributed by atoms with Gasteiger partial charge in [-0.3, -0.25) is 0 Å². The Morgan fingerprint density at radius 1 is 1.50 bits per heavy atom. The molecular formula is C8H14N2O2. The van der Waals surface area contributed by atoms with Crippen LogP contribution in [0.25, 0.3) is 0 Å². The Kier molecular flexibility index (Phi) is 3.10. The second kappa shape index (κ2) is 4.11. The molecule has 1 heterocycles. The lowest BCUT2D eigenvalue weighted by molar-refractivity contribution is 0.181. The van der Waals surface area contributed by atoms with Crippen LogP contribution in [0.4, 0.5) is 4.79 Å². The molecule has 0 aliphatic carbocycles. The first-order valence-electron chi connectivity index (χ1n) is 4.05. The highest BCUT2D eigenvalue weighted by Gasteiger charge is 2.26. The first-order chi connectivity index (χ1) is 5.79. The predicted octanol–water partition coefficient (Wildman–Crippen LogP) is -0.0977. The van der Waals surface area contributed by atoms with Crippen LogP contribution < -0.4 is 0 Å². The Hall–Kier alpha value is -1.03. The third-order valence-electron chi connectivity index (χ3n) is 1.90. The van der Waals surface area contributed by atoms with Crippen LogP contribution in [0.15, 0.2) is 12.7 Å². The van der Waals surface area contributed by atoms with Crippen molar-refractivity contribution in [1.82, 2.24) is 9.80 Å². The number of carbonyl (C=O) groups is 1. The van der Waals surface area contributed by atoms with Crippen LogP contribution >= 0.6 is 0 Å². The van der Waals surface area contributed by atoms with E-state index in [1.165, 1.54) is 0 Å². The van der Waals surface area contributed by atoms with Gasteiger partial charge in [-0.1, -0.05) is 6.08 Å². The molecular weight excluding hydrogens is 156 g/mol. The molecule has 1 fully saturated rings. The molecule has 1 saturated heterocycles. The van der Waals surface area contributed by atoms with Crippen LogP contribution in [0.1, 0.15) is 0 Å². The van der Waals surface area contributed by atoms with Crippen molar-refractivity contribution in [3.05, 3.63) is 12.7 Å². The Labute approximate surface area is 72.1 Å². The van der Waals surface area contributed by atoms with Gasteiger partial charge in [-0.15, -0.1) is 6.58 Å². The van der Waals surface area contributed by atoms with Gasteiger partial charge in [-0.25, -0.2) is 4.79 Å². The molecule has 0 saturated carbocycles. The molecule has 68 valence electrons. The van der Waals surface area contributed by atoms with Crippen LogP contribution in [0, 0.1) is 0 Å². The molecule has 0 aromatic heterocycles. The average Bonchev–Trinajstić information content (AvgIpc) is 2.38. The highest BCUT2D eigenvalue weighted by molar-refractivity contribution is 5.76. The molecule has 0 unspecified atom stereocenters. The van der Waals surface area contributed by atoms with Crippen molar-refractivity contribution >= 4 is 6.03 Å². The van der Waals surface area contributed by atoms with E-state index in [1.807, 2.05) is 0 Å². The van der Waals surface area contributed by atoms with Gasteiger partial charge in [0.1, 0.15) is 0 Å². The van der Waals surface area contributed by atoms with E-state index >= 15 is 0 Å². The van der Waals surface area contributed by atoms with Crippen molar-refractivity contribution in [2.45, 2.75) is 0 Å². The Balaban J connectivity index is 2.43. The fraction of sp³-hybridized carbons (Fsp3) is 0.625. The fourth-order valence-electron chi connectivity index (χ4n) is 1.29. The minimum atomic E-state index is 0.00366. The molecule has 12 heavy (non-hydrogen) atoms. The predicted molar refractivity (Wildman–Crippen MR) is 45.8 cm³/mol. The summed E-state index contributed by atoms with van der Waals surface area (Å²) in [6, 6.07) is 0.00366. The zero-order chi connectivity index (χ0) is 8.97. The highest BCUT2D eigenvalue weighted by Crippen LogP contribution is 2.06. The van der Waals surface area contributed by atoms with Crippen molar-refractivity contribution in [2.24, 2.45) is 0 Å². The van der Waals surface area contributed by atoms with Crippen LogP contribution in [0.3, 0.4) is 0 Å². The largest absolute Gasteiger partial charge is 0.395 e. The van der Waals surface area contributed by atoms with Crippen molar-refractivity contribution in [2.75, 3.05) is 32.8 Å². The van der Waals surface area contributed by atoms with E-state index in [9.17, 15) is 4.79 Å². The van der Waals surface area contributed by atoms with Crippen molar-refractivity contribution in [3.63, 3.8) is 0 Å². The minimum absolute atomic E-state index is 0.00366. The summed E-state index contributed by atoms with van der Waals surface area (Å²) in [6.07, 6.45) is 1.71. The van der Waals surface area contributed by atoms with Gasteiger partial charge in [0.25, 0.3) is 0 Å². The van der Waals surface area contributed by atoms with E-state index in [-0.39, 0.29) is 12.6 Å². The number of hydrogen-bond donors (Lipinski definition) is 1. The summed E-state index contributed by atoms with van der Waals surface area (Å²) in [5, 5.41) is 8.63. The molecule has 0 radical (unpaired) electrons. The number of hydrogen-bond acceptors (Lipinski definition) is 2. The Morgan fingerprint density at radius 3 is 2.75 bits per heavy atom. The van der Waals surface area contributed by atoms with Crippen LogP contribution in [-0.4, -0.2) is 53.7 Å². The molecule has 0 aromatic carbocycles. The maximum atomic E-state index is 11.4. The third-order valence-corrected chi connectivity index (χ3v) is 1.90. The van der Waals surface area contributed by atoms with E-state index in [0.717, 1.165) is 6.54 Å². The van der Waals surface area contributed by atoms with Gasteiger partial charge in [0.2, 0.25) is 0 Å². The second-order valence-corrected chi connectivity index (χ2v) is 2.73. The number of rotatable bonds is 4. The number of β-amino-alcohol motifs (C(OH)–C–C–N with tert-alkyl or cyclic N) is 1. The van der Waals surface area contributed by atoms with Gasteiger partial charge < -0.3 is 14.9 Å². The van der Waals surface area contributed by atoms with Gasteiger partial charge in [0, 0.05) is 26.2 Å². The van der Waals surface area contributed by atoms with E-state index in [0.29, 0.717) is 19.6 Å². The normalized spacial score (nSPS) is 17.2. The van der Waals surface area contributed by atoms with Gasteiger partial charge >= 0.3 is 6.03 Å². The number of aliphatic hydroxyl groups excluding tert-OH is 1. The zero-order valence-electron chi connectivity index (χ0n) is 7.07. The smallest absolute Gasteiger partial charge is 0.320 e. The summed E-state index contributed by atoms with van der Waals surface area (Å²) in [6.45, 7) is 6.09. The van der Waals surface area contributed by atoms with Gasteiger partial charge in [-0.05, 0) is 0 Å². The molecule has 1 rings (SSSR count). The number of aliphatic hydroxyl groups is 1. The summed E-state index contributed by atoms with van der Waals surface area (Å²) >= 11 is 0. The van der Waals surface area contributed by atoms with Crippen molar-refractivity contribution in [1.29, 1.82) is 0 Å². The van der Waals surface area contributed by atoms with Crippen molar-refractivity contribution in [3.8, 4) is 0 Å². The number of nitrogens with zero attached hydrogens (tertiary/aromatic N) is 2. The topological polar surface area (TPSA) is 43.8 Å². The number of carbonyl (C=O) groups excluding carboxylic acids is 1. The lowest BCUT2D eigenvalue weighted by atomic mass is 10.5. The molecule has 4 nitrogen and oxygen atoms in total. The first-order valence-corrected chi connectivity index (χ1v) is 4.05. The molecule has 0 aromatic rings. The molecule has 1 aliphatic rings. The maximum absolute atomic E-state index is 11.4. The molecule has 2 amide bonds. The molecule has 1 N–H and O–H groups in total. The Morgan fingerprint density at radius 2 is 2.17 bits per heavy atom. The zero-order valence-corrected chi connectivity index (χ0v) is 7.07. The summed E-state index contributed by atoms with van der Waals surface area (Å²) in [4.78, 5) is 14.7. The minimum Gasteiger partial charge on any atom is -0.395 e. The van der Waals surface area contributed by atoms with Crippen LogP contribution in [0.2, 0.25) is 0 Å². The molecule has 0 bridgehead atoms.